The zero-order valence-electron chi connectivity index (χ0n) is 10.9. The molecule has 0 bridgehead atoms. The van der Waals surface area contributed by atoms with Crippen LogP contribution in [0.2, 0.25) is 0 Å². The molecule has 1 atom stereocenters. The van der Waals surface area contributed by atoms with E-state index in [-0.39, 0.29) is 6.10 Å². The number of halogens is 1. The first-order valence-corrected chi connectivity index (χ1v) is 7.59. The quantitative estimate of drug-likeness (QED) is 0.694. The number of rotatable bonds is 1. The first kappa shape index (κ1) is 12.2. The Balaban J connectivity index is 1.92. The smallest absolute Gasteiger partial charge is 0.124 e. The Labute approximate surface area is 125 Å². The van der Waals surface area contributed by atoms with Crippen LogP contribution in [0.1, 0.15) is 22.9 Å². The number of ether oxygens (including phenoxy) is 1. The number of hydrogen-bond donors (Lipinski definition) is 1. The lowest BCUT2D eigenvalue weighted by Gasteiger charge is -2.24. The molecule has 0 spiro atoms. The lowest BCUT2D eigenvalue weighted by molar-refractivity contribution is 0.0673. The summed E-state index contributed by atoms with van der Waals surface area (Å²) in [5.41, 5.74) is 4.97. The predicted molar refractivity (Wildman–Crippen MR) is 83.9 cm³/mol. The summed E-state index contributed by atoms with van der Waals surface area (Å²) in [6.07, 6.45) is 0.960. The van der Waals surface area contributed by atoms with Crippen molar-refractivity contribution in [3.8, 4) is 0 Å². The summed E-state index contributed by atoms with van der Waals surface area (Å²) in [5, 5.41) is 1.32. The Bertz CT molecular complexity index is 778. The van der Waals surface area contributed by atoms with Gasteiger partial charge in [0, 0.05) is 20.9 Å². The Hall–Kier alpha value is -1.58. The van der Waals surface area contributed by atoms with Gasteiger partial charge < -0.3 is 9.72 Å². The minimum absolute atomic E-state index is 0.0123. The molecule has 1 aliphatic heterocycles. The van der Waals surface area contributed by atoms with Crippen LogP contribution in [0, 0.1) is 0 Å². The highest BCUT2D eigenvalue weighted by Crippen LogP contribution is 2.38. The van der Waals surface area contributed by atoms with Gasteiger partial charge in [-0.25, -0.2) is 0 Å². The largest absolute Gasteiger partial charge is 0.367 e. The van der Waals surface area contributed by atoms with Gasteiger partial charge in [0.2, 0.25) is 0 Å². The first-order valence-electron chi connectivity index (χ1n) is 6.80. The summed E-state index contributed by atoms with van der Waals surface area (Å²) in [4.78, 5) is 3.55. The van der Waals surface area contributed by atoms with Crippen LogP contribution in [-0.2, 0) is 11.2 Å². The molecule has 2 heterocycles. The van der Waals surface area contributed by atoms with Crippen molar-refractivity contribution >= 4 is 26.8 Å². The van der Waals surface area contributed by atoms with Crippen LogP contribution in [0.25, 0.3) is 10.9 Å². The van der Waals surface area contributed by atoms with Crippen molar-refractivity contribution < 1.29 is 4.74 Å². The van der Waals surface area contributed by atoms with Crippen molar-refractivity contribution in [3.63, 3.8) is 0 Å². The van der Waals surface area contributed by atoms with Gasteiger partial charge in [-0.15, -0.1) is 0 Å². The van der Waals surface area contributed by atoms with Crippen molar-refractivity contribution in [2.24, 2.45) is 0 Å². The molecule has 2 nitrogen and oxygen atoms in total. The molecule has 100 valence electrons. The summed E-state index contributed by atoms with van der Waals surface area (Å²) in [7, 11) is 0. The molecule has 1 unspecified atom stereocenters. The molecule has 3 aromatic rings. The molecule has 1 aliphatic rings. The van der Waals surface area contributed by atoms with E-state index in [1.54, 1.807) is 0 Å². The van der Waals surface area contributed by atoms with E-state index in [0.717, 1.165) is 17.5 Å². The van der Waals surface area contributed by atoms with Gasteiger partial charge in [-0.05, 0) is 24.1 Å². The van der Waals surface area contributed by atoms with Crippen molar-refractivity contribution in [1.82, 2.24) is 4.98 Å². The molecule has 20 heavy (non-hydrogen) atoms. The number of benzene rings is 2. The van der Waals surface area contributed by atoms with Gasteiger partial charge in [-0.2, -0.15) is 0 Å². The van der Waals surface area contributed by atoms with Crippen LogP contribution < -0.4 is 0 Å². The van der Waals surface area contributed by atoms with E-state index in [2.05, 4.69) is 63.4 Å². The number of aromatic nitrogens is 1. The fourth-order valence-electron chi connectivity index (χ4n) is 3.01. The van der Waals surface area contributed by atoms with Crippen LogP contribution in [-0.4, -0.2) is 11.6 Å². The van der Waals surface area contributed by atoms with Crippen molar-refractivity contribution in [1.29, 1.82) is 0 Å². The predicted octanol–water partition coefficient (Wildman–Crippen LogP) is 4.59. The molecule has 1 aromatic heterocycles. The molecule has 1 N–H and O–H groups in total. The average Bonchev–Trinajstić information content (AvgIpc) is 2.86. The van der Waals surface area contributed by atoms with Gasteiger partial charge in [0.25, 0.3) is 0 Å². The molecular weight excluding hydrogens is 314 g/mol. The maximum absolute atomic E-state index is 6.04. The van der Waals surface area contributed by atoms with Crippen LogP contribution in [0.15, 0.2) is 53.0 Å². The van der Waals surface area contributed by atoms with Crippen LogP contribution in [0.5, 0.6) is 0 Å². The standard InChI is InChI=1S/C17H14BrNO/c18-14-7-3-1-6-13(14)17-16-12(9-10-20-17)11-5-2-4-8-15(11)19-16/h1-8,17,19H,9-10H2. The Morgan fingerprint density at radius 1 is 1.05 bits per heavy atom. The zero-order valence-corrected chi connectivity index (χ0v) is 12.5. The third kappa shape index (κ3) is 1.81. The van der Waals surface area contributed by atoms with E-state index in [1.165, 1.54) is 27.7 Å². The van der Waals surface area contributed by atoms with Crippen LogP contribution >= 0.6 is 15.9 Å². The van der Waals surface area contributed by atoms with Crippen molar-refractivity contribution in [2.45, 2.75) is 12.5 Å². The Morgan fingerprint density at radius 3 is 2.75 bits per heavy atom. The molecule has 0 saturated heterocycles. The van der Waals surface area contributed by atoms with Crippen molar-refractivity contribution in [3.05, 3.63) is 69.8 Å². The van der Waals surface area contributed by atoms with Gasteiger partial charge >= 0.3 is 0 Å². The summed E-state index contributed by atoms with van der Waals surface area (Å²) in [5.74, 6) is 0. The normalized spacial score (nSPS) is 18.1. The van der Waals surface area contributed by atoms with Gasteiger partial charge in [-0.1, -0.05) is 52.3 Å². The highest BCUT2D eigenvalue weighted by atomic mass is 79.9. The van der Waals surface area contributed by atoms with E-state index in [9.17, 15) is 0 Å². The second kappa shape index (κ2) is 4.76. The number of aromatic amines is 1. The first-order chi connectivity index (χ1) is 9.84. The molecule has 3 heteroatoms. The van der Waals surface area contributed by atoms with E-state index < -0.39 is 0 Å². The molecular formula is C17H14BrNO. The molecule has 0 amide bonds. The van der Waals surface area contributed by atoms with Crippen molar-refractivity contribution in [2.75, 3.05) is 6.61 Å². The highest BCUT2D eigenvalue weighted by molar-refractivity contribution is 9.10. The number of para-hydroxylation sites is 1. The number of hydrogen-bond acceptors (Lipinski definition) is 1. The Kier molecular flexibility index (Phi) is 2.90. The average molecular weight is 328 g/mol. The maximum Gasteiger partial charge on any atom is 0.124 e. The van der Waals surface area contributed by atoms with Gasteiger partial charge in [-0.3, -0.25) is 0 Å². The minimum Gasteiger partial charge on any atom is -0.367 e. The topological polar surface area (TPSA) is 25.0 Å². The molecule has 0 fully saturated rings. The van der Waals surface area contributed by atoms with Gasteiger partial charge in [0.1, 0.15) is 6.10 Å². The summed E-state index contributed by atoms with van der Waals surface area (Å²) in [6, 6.07) is 16.8. The number of H-pyrrole nitrogens is 1. The van der Waals surface area contributed by atoms with E-state index in [1.807, 2.05) is 6.07 Å². The van der Waals surface area contributed by atoms with E-state index >= 15 is 0 Å². The molecule has 0 saturated carbocycles. The molecule has 0 radical (unpaired) electrons. The lowest BCUT2D eigenvalue weighted by Crippen LogP contribution is -2.17. The third-order valence-electron chi connectivity index (χ3n) is 3.93. The summed E-state index contributed by atoms with van der Waals surface area (Å²) >= 11 is 3.63. The Morgan fingerprint density at radius 2 is 1.85 bits per heavy atom. The third-order valence-corrected chi connectivity index (χ3v) is 4.66. The van der Waals surface area contributed by atoms with Crippen LogP contribution in [0.4, 0.5) is 0 Å². The SMILES string of the molecule is Brc1ccccc1C1OCCc2c1[nH]c1ccccc21. The van der Waals surface area contributed by atoms with E-state index in [4.69, 9.17) is 4.74 Å². The number of nitrogens with one attached hydrogen (secondary N) is 1. The lowest BCUT2D eigenvalue weighted by atomic mass is 9.98. The van der Waals surface area contributed by atoms with E-state index in [0.29, 0.717) is 0 Å². The molecule has 0 aliphatic carbocycles. The highest BCUT2D eigenvalue weighted by Gasteiger charge is 2.27. The van der Waals surface area contributed by atoms with Gasteiger partial charge in [0.05, 0.1) is 12.3 Å². The minimum atomic E-state index is -0.0123. The molecule has 4 rings (SSSR count). The molecule has 2 aromatic carbocycles. The fraction of sp³-hybridized carbons (Fsp3) is 0.176. The summed E-state index contributed by atoms with van der Waals surface area (Å²) < 4.78 is 7.13. The second-order valence-corrected chi connectivity index (χ2v) is 5.94. The zero-order chi connectivity index (χ0) is 13.5. The maximum atomic E-state index is 6.04. The monoisotopic (exact) mass is 327 g/mol. The van der Waals surface area contributed by atoms with Crippen LogP contribution in [0.3, 0.4) is 0 Å². The fourth-order valence-corrected chi connectivity index (χ4v) is 3.50. The second-order valence-electron chi connectivity index (χ2n) is 5.09. The number of fused-ring (bicyclic) bond motifs is 3. The van der Waals surface area contributed by atoms with Gasteiger partial charge in [0.15, 0.2) is 0 Å². The summed E-state index contributed by atoms with van der Waals surface area (Å²) in [6.45, 7) is 0.765.